The highest BCUT2D eigenvalue weighted by molar-refractivity contribution is 6.30. The second kappa shape index (κ2) is 14.6. The molecule has 0 bridgehead atoms. The summed E-state index contributed by atoms with van der Waals surface area (Å²) in [6.45, 7) is 12.8. The highest BCUT2D eigenvalue weighted by Gasteiger charge is 2.51. The molecular weight excluding hydrogens is 602 g/mol. The molecule has 6 nitrogen and oxygen atoms in total. The second-order valence-corrected chi connectivity index (χ2v) is 14.5. The first kappa shape index (κ1) is 34.6. The lowest BCUT2D eigenvalue weighted by molar-refractivity contribution is 0.0292. The van der Waals surface area contributed by atoms with E-state index < -0.39 is 0 Å². The van der Waals surface area contributed by atoms with Crippen LogP contribution in [-0.2, 0) is 0 Å². The number of benzene rings is 3. The van der Waals surface area contributed by atoms with Gasteiger partial charge in [-0.25, -0.2) is 0 Å². The van der Waals surface area contributed by atoms with Gasteiger partial charge in [-0.1, -0.05) is 87.8 Å². The van der Waals surface area contributed by atoms with Gasteiger partial charge < -0.3 is 21.4 Å². The molecule has 2 aliphatic carbocycles. The normalized spacial score (nSPS) is 21.2. The van der Waals surface area contributed by atoms with Crippen LogP contribution in [0.1, 0.15) is 100 Å². The first-order chi connectivity index (χ1) is 22.6. The van der Waals surface area contributed by atoms with E-state index in [9.17, 15) is 4.79 Å². The van der Waals surface area contributed by atoms with E-state index in [-0.39, 0.29) is 23.0 Å². The number of nitrogens with zero attached hydrogens (tertiary/aromatic N) is 2. The predicted octanol–water partition coefficient (Wildman–Crippen LogP) is 9.20. The minimum absolute atomic E-state index is 0.0772. The first-order valence-electron chi connectivity index (χ1n) is 17.0. The van der Waals surface area contributed by atoms with Crippen LogP contribution in [0.2, 0.25) is 5.02 Å². The third-order valence-corrected chi connectivity index (χ3v) is 10.4. The molecule has 3 aromatic carbocycles. The fourth-order valence-corrected chi connectivity index (χ4v) is 7.52. The van der Waals surface area contributed by atoms with Crippen molar-refractivity contribution in [2.75, 3.05) is 13.1 Å². The minimum Gasteiger partial charge on any atom is -0.351 e. The van der Waals surface area contributed by atoms with E-state index in [0.717, 1.165) is 48.4 Å². The molecule has 2 fully saturated rings. The highest BCUT2D eigenvalue weighted by atomic mass is 35.5. The van der Waals surface area contributed by atoms with Gasteiger partial charge in [0.25, 0.3) is 5.91 Å². The van der Waals surface area contributed by atoms with E-state index in [4.69, 9.17) is 27.7 Å². The molecular formula is C40H50ClN5O. The maximum atomic E-state index is 12.6. The Morgan fingerprint density at radius 1 is 0.979 bits per heavy atom. The Balaban J connectivity index is 0.00000213. The molecule has 6 rings (SSSR count). The van der Waals surface area contributed by atoms with Crippen LogP contribution in [0, 0.1) is 16.7 Å². The Kier molecular flexibility index (Phi) is 10.7. The summed E-state index contributed by atoms with van der Waals surface area (Å²) < 4.78 is 0. The van der Waals surface area contributed by atoms with Crippen LogP contribution in [0.25, 0.3) is 11.1 Å². The molecule has 0 radical (unpaired) electrons. The second-order valence-electron chi connectivity index (χ2n) is 14.1. The number of carbonyl (C=O) groups is 1. The molecule has 4 N–H and O–H groups in total. The number of hydrogen-bond acceptors (Lipinski definition) is 5. The molecule has 1 atom stereocenters. The van der Waals surface area contributed by atoms with Crippen molar-refractivity contribution in [2.45, 2.75) is 84.3 Å². The fraction of sp³-hybridized carbons (Fsp3) is 0.425. The first-order valence-corrected chi connectivity index (χ1v) is 17.4. The summed E-state index contributed by atoms with van der Waals surface area (Å²) in [5.74, 6) is 0.609. The SMILES string of the molecule is C=N.CCC(c1ccc(C(=O)NCCN)cc1)N1C(=C2CC2)C(c2ccc(-c3ccc(Cl)cc3)cc2)=NC12CCC(C(C)(C)C)CC2. The van der Waals surface area contributed by atoms with E-state index in [1.54, 1.807) is 0 Å². The van der Waals surface area contributed by atoms with Gasteiger partial charge in [0.15, 0.2) is 0 Å². The Bertz CT molecular complexity index is 1590. The van der Waals surface area contributed by atoms with Crippen LogP contribution >= 0.6 is 11.6 Å². The van der Waals surface area contributed by atoms with E-state index in [1.165, 1.54) is 40.8 Å². The van der Waals surface area contributed by atoms with Gasteiger partial charge in [0.1, 0.15) is 5.66 Å². The van der Waals surface area contributed by atoms with Crippen molar-refractivity contribution in [1.82, 2.24) is 10.2 Å². The molecule has 1 heterocycles. The zero-order valence-electron chi connectivity index (χ0n) is 28.4. The fourth-order valence-electron chi connectivity index (χ4n) is 7.39. The van der Waals surface area contributed by atoms with Crippen LogP contribution < -0.4 is 11.1 Å². The average molecular weight is 652 g/mol. The van der Waals surface area contributed by atoms with Crippen molar-refractivity contribution >= 4 is 29.9 Å². The molecule has 248 valence electrons. The molecule has 7 heteroatoms. The Hall–Kier alpha value is -3.74. The van der Waals surface area contributed by atoms with E-state index >= 15 is 0 Å². The highest BCUT2D eigenvalue weighted by Crippen LogP contribution is 2.54. The van der Waals surface area contributed by atoms with Crippen LogP contribution in [0.4, 0.5) is 0 Å². The zero-order valence-corrected chi connectivity index (χ0v) is 29.2. The summed E-state index contributed by atoms with van der Waals surface area (Å²) in [7, 11) is 0. The number of allylic oxidation sites excluding steroid dienone is 2. The summed E-state index contributed by atoms with van der Waals surface area (Å²) >= 11 is 6.15. The number of rotatable bonds is 8. The number of carbonyl (C=O) groups excluding carboxylic acids is 1. The van der Waals surface area contributed by atoms with E-state index in [1.807, 2.05) is 24.3 Å². The summed E-state index contributed by atoms with van der Waals surface area (Å²) in [5.41, 5.74) is 15.1. The molecule has 0 aromatic heterocycles. The predicted molar refractivity (Wildman–Crippen MR) is 196 cm³/mol. The third-order valence-electron chi connectivity index (χ3n) is 10.1. The summed E-state index contributed by atoms with van der Waals surface area (Å²) in [6.07, 6.45) is 7.66. The minimum atomic E-state index is -0.269. The third kappa shape index (κ3) is 7.39. The largest absolute Gasteiger partial charge is 0.351 e. The number of hydrogen-bond donors (Lipinski definition) is 3. The van der Waals surface area contributed by atoms with Crippen LogP contribution in [0.15, 0.2) is 89.1 Å². The van der Waals surface area contributed by atoms with Crippen molar-refractivity contribution in [3.05, 3.63) is 106 Å². The van der Waals surface area contributed by atoms with E-state index in [2.05, 4.69) is 93.2 Å². The van der Waals surface area contributed by atoms with Gasteiger partial charge in [-0.15, -0.1) is 0 Å². The smallest absolute Gasteiger partial charge is 0.251 e. The van der Waals surface area contributed by atoms with Crippen molar-refractivity contribution in [3.63, 3.8) is 0 Å². The molecule has 3 aliphatic rings. The monoisotopic (exact) mass is 651 g/mol. The molecule has 1 aliphatic heterocycles. The lowest BCUT2D eigenvalue weighted by atomic mass is 9.69. The number of halogens is 1. The standard InChI is InChI=1S/C39H47ClN4O.CH3N/c1-5-34(28-8-14-31(15-9-28)37(45)42-25-24-41)44-36(30-12-13-30)35(43-39(44)22-20-32(21-23-39)38(2,3)4)29-10-6-26(7-11-29)27-16-18-33(40)19-17-27;1-2/h6-11,14-19,32,34H,5,12-13,20-25,41H2,1-4H3,(H,42,45);2H,1H2. The molecule has 1 unspecified atom stereocenters. The quantitative estimate of drug-likeness (QED) is 0.212. The molecule has 47 heavy (non-hydrogen) atoms. The van der Waals surface area contributed by atoms with Gasteiger partial charge in [0.2, 0.25) is 0 Å². The Morgan fingerprint density at radius 3 is 2.04 bits per heavy atom. The molecule has 1 amide bonds. The average Bonchev–Trinajstić information content (AvgIpc) is 3.88. The van der Waals surface area contributed by atoms with Crippen molar-refractivity contribution in [2.24, 2.45) is 22.1 Å². The van der Waals surface area contributed by atoms with Gasteiger partial charge >= 0.3 is 0 Å². The summed E-state index contributed by atoms with van der Waals surface area (Å²) in [6, 6.07) is 25.4. The van der Waals surface area contributed by atoms with Gasteiger partial charge in [0, 0.05) is 29.2 Å². The van der Waals surface area contributed by atoms with Gasteiger partial charge in [-0.05, 0) is 110 Å². The number of nitrogens with one attached hydrogen (secondary N) is 2. The summed E-state index contributed by atoms with van der Waals surface area (Å²) in [4.78, 5) is 21.1. The lowest BCUT2D eigenvalue weighted by Gasteiger charge is -2.49. The van der Waals surface area contributed by atoms with Crippen LogP contribution in [0.5, 0.6) is 0 Å². The van der Waals surface area contributed by atoms with Crippen molar-refractivity contribution in [1.29, 1.82) is 5.41 Å². The molecule has 1 spiro atoms. The molecule has 3 aromatic rings. The molecule has 0 saturated heterocycles. The topological polar surface area (TPSA) is 94.6 Å². The van der Waals surface area contributed by atoms with Crippen LogP contribution in [-0.4, -0.2) is 42.0 Å². The van der Waals surface area contributed by atoms with Gasteiger partial charge in [-0.2, -0.15) is 0 Å². The maximum absolute atomic E-state index is 12.6. The maximum Gasteiger partial charge on any atom is 0.251 e. The lowest BCUT2D eigenvalue weighted by Crippen LogP contribution is -2.48. The Morgan fingerprint density at radius 2 is 1.53 bits per heavy atom. The Labute approximate surface area is 286 Å². The van der Waals surface area contributed by atoms with Crippen molar-refractivity contribution < 1.29 is 4.79 Å². The molecule has 2 saturated carbocycles. The summed E-state index contributed by atoms with van der Waals surface area (Å²) in [5, 5.41) is 9.14. The number of nitrogens with two attached hydrogens (primary N) is 1. The van der Waals surface area contributed by atoms with Crippen molar-refractivity contribution in [3.8, 4) is 11.1 Å². The van der Waals surface area contributed by atoms with Crippen LogP contribution in [0.3, 0.4) is 0 Å². The van der Waals surface area contributed by atoms with Gasteiger partial charge in [0.05, 0.1) is 17.5 Å². The van der Waals surface area contributed by atoms with E-state index in [0.29, 0.717) is 24.6 Å². The zero-order chi connectivity index (χ0) is 33.8. The number of aliphatic imine (C=N–C) groups is 1. The number of amides is 1. The van der Waals surface area contributed by atoms with Gasteiger partial charge in [-0.3, -0.25) is 9.79 Å².